The molecule has 18 heavy (non-hydrogen) atoms. The van der Waals surface area contributed by atoms with E-state index >= 15 is 0 Å². The van der Waals surface area contributed by atoms with Crippen molar-refractivity contribution in [2.75, 3.05) is 19.8 Å². The molecule has 0 heterocycles. The number of hydrogen-bond acceptors (Lipinski definition) is 5. The molecule has 5 heteroatoms. The first kappa shape index (κ1) is 14.5. The van der Waals surface area contributed by atoms with Crippen LogP contribution in [0.25, 0.3) is 0 Å². The number of nitrogens with zero attached hydrogens (tertiary/aromatic N) is 1. The van der Waals surface area contributed by atoms with Crippen molar-refractivity contribution in [3.05, 3.63) is 29.8 Å². The lowest BCUT2D eigenvalue weighted by Gasteiger charge is -2.12. The molecule has 0 saturated heterocycles. The minimum absolute atomic E-state index is 0.187. The van der Waals surface area contributed by atoms with E-state index in [1.807, 2.05) is 6.92 Å². The number of oxime groups is 1. The van der Waals surface area contributed by atoms with E-state index in [2.05, 4.69) is 5.16 Å². The van der Waals surface area contributed by atoms with E-state index in [0.717, 1.165) is 5.56 Å². The Balaban J connectivity index is 2.44. The molecule has 100 valence electrons. The van der Waals surface area contributed by atoms with Gasteiger partial charge in [0.25, 0.3) is 0 Å². The fraction of sp³-hybridized carbons (Fsp3) is 0.462. The van der Waals surface area contributed by atoms with Gasteiger partial charge in [0, 0.05) is 6.61 Å². The van der Waals surface area contributed by atoms with Crippen LogP contribution in [0, 0.1) is 0 Å². The van der Waals surface area contributed by atoms with E-state index in [1.165, 1.54) is 0 Å². The Hall–Kier alpha value is -1.59. The molecule has 0 saturated carbocycles. The second-order valence-corrected chi connectivity index (χ2v) is 3.83. The molecule has 0 aliphatic heterocycles. The average Bonchev–Trinajstić information content (AvgIpc) is 2.42. The van der Waals surface area contributed by atoms with Gasteiger partial charge in [-0.05, 0) is 43.7 Å². The summed E-state index contributed by atoms with van der Waals surface area (Å²) in [5.74, 6) is 0.653. The van der Waals surface area contributed by atoms with Crippen LogP contribution in [0.5, 0.6) is 5.75 Å². The van der Waals surface area contributed by atoms with E-state index in [9.17, 15) is 5.11 Å². The summed E-state index contributed by atoms with van der Waals surface area (Å²) in [6.45, 7) is 4.61. The molecule has 0 spiro atoms. The molecular weight excluding hydrogens is 234 g/mol. The van der Waals surface area contributed by atoms with Crippen LogP contribution in [-0.2, 0) is 4.74 Å². The largest absolute Gasteiger partial charge is 0.491 e. The summed E-state index contributed by atoms with van der Waals surface area (Å²) in [5.41, 5.74) is 1.36. The second kappa shape index (κ2) is 7.68. The molecule has 0 fully saturated rings. The van der Waals surface area contributed by atoms with Gasteiger partial charge in [0.1, 0.15) is 18.5 Å². The number of hydrogen-bond donors (Lipinski definition) is 2. The number of rotatable bonds is 7. The zero-order valence-electron chi connectivity index (χ0n) is 10.7. The lowest BCUT2D eigenvalue weighted by atomic mass is 10.1. The van der Waals surface area contributed by atoms with Crippen molar-refractivity contribution in [2.24, 2.45) is 5.16 Å². The van der Waals surface area contributed by atoms with Crippen LogP contribution < -0.4 is 4.74 Å². The topological polar surface area (TPSA) is 71.3 Å². The SMILES string of the molecule is CCOCC(O)COc1ccc(C(C)=NO)cc1. The van der Waals surface area contributed by atoms with Gasteiger partial charge in [0.2, 0.25) is 0 Å². The summed E-state index contributed by atoms with van der Waals surface area (Å²) in [6.07, 6.45) is -0.634. The Morgan fingerprint density at radius 1 is 1.28 bits per heavy atom. The van der Waals surface area contributed by atoms with E-state index in [-0.39, 0.29) is 13.2 Å². The first-order chi connectivity index (χ1) is 8.67. The third-order valence-corrected chi connectivity index (χ3v) is 2.38. The Bertz CT molecular complexity index is 375. The summed E-state index contributed by atoms with van der Waals surface area (Å²) >= 11 is 0. The number of aliphatic hydroxyl groups excluding tert-OH is 1. The van der Waals surface area contributed by atoms with Gasteiger partial charge in [0.15, 0.2) is 0 Å². The highest BCUT2D eigenvalue weighted by Crippen LogP contribution is 2.13. The maximum atomic E-state index is 9.52. The van der Waals surface area contributed by atoms with Crippen molar-refractivity contribution in [3.63, 3.8) is 0 Å². The van der Waals surface area contributed by atoms with Crippen LogP contribution in [0.2, 0.25) is 0 Å². The van der Waals surface area contributed by atoms with Crippen LogP contribution in [0.15, 0.2) is 29.4 Å². The van der Waals surface area contributed by atoms with Crippen LogP contribution in [0.4, 0.5) is 0 Å². The fourth-order valence-corrected chi connectivity index (χ4v) is 1.34. The van der Waals surface area contributed by atoms with Gasteiger partial charge in [-0.15, -0.1) is 0 Å². The Kier molecular flexibility index (Phi) is 6.18. The van der Waals surface area contributed by atoms with Gasteiger partial charge in [-0.3, -0.25) is 0 Å². The van der Waals surface area contributed by atoms with Crippen LogP contribution in [0.1, 0.15) is 19.4 Å². The quantitative estimate of drug-likeness (QED) is 0.440. The van der Waals surface area contributed by atoms with Crippen LogP contribution >= 0.6 is 0 Å². The van der Waals surface area contributed by atoms with Crippen LogP contribution in [-0.4, -0.2) is 42.0 Å². The maximum absolute atomic E-state index is 9.52. The molecule has 1 atom stereocenters. The number of benzene rings is 1. The van der Waals surface area contributed by atoms with Crippen molar-refractivity contribution in [3.8, 4) is 5.75 Å². The highest BCUT2D eigenvalue weighted by molar-refractivity contribution is 5.98. The fourth-order valence-electron chi connectivity index (χ4n) is 1.34. The van der Waals surface area contributed by atoms with E-state index in [4.69, 9.17) is 14.7 Å². The molecular formula is C13H19NO4. The molecule has 5 nitrogen and oxygen atoms in total. The van der Waals surface area contributed by atoms with Gasteiger partial charge in [-0.25, -0.2) is 0 Å². The minimum atomic E-state index is -0.634. The second-order valence-electron chi connectivity index (χ2n) is 3.83. The molecule has 1 aromatic carbocycles. The van der Waals surface area contributed by atoms with E-state index in [1.54, 1.807) is 31.2 Å². The monoisotopic (exact) mass is 253 g/mol. The first-order valence-electron chi connectivity index (χ1n) is 5.85. The third kappa shape index (κ3) is 4.73. The van der Waals surface area contributed by atoms with Gasteiger partial charge in [-0.1, -0.05) is 5.16 Å². The summed E-state index contributed by atoms with van der Waals surface area (Å²) in [6, 6.07) is 7.10. The number of aliphatic hydroxyl groups is 1. The van der Waals surface area contributed by atoms with Gasteiger partial charge >= 0.3 is 0 Å². The third-order valence-electron chi connectivity index (χ3n) is 2.38. The first-order valence-corrected chi connectivity index (χ1v) is 5.85. The van der Waals surface area contributed by atoms with Crippen molar-refractivity contribution in [1.29, 1.82) is 0 Å². The van der Waals surface area contributed by atoms with Crippen molar-refractivity contribution < 1.29 is 19.8 Å². The molecule has 0 radical (unpaired) electrons. The predicted molar refractivity (Wildman–Crippen MR) is 68.4 cm³/mol. The molecule has 0 bridgehead atoms. The predicted octanol–water partition coefficient (Wildman–Crippen LogP) is 1.66. The Morgan fingerprint density at radius 2 is 1.94 bits per heavy atom. The summed E-state index contributed by atoms with van der Waals surface area (Å²) in [7, 11) is 0. The summed E-state index contributed by atoms with van der Waals surface area (Å²) in [5, 5.41) is 21.3. The molecule has 0 aliphatic rings. The minimum Gasteiger partial charge on any atom is -0.491 e. The molecule has 2 N–H and O–H groups in total. The number of ether oxygens (including phenoxy) is 2. The highest BCUT2D eigenvalue weighted by atomic mass is 16.5. The van der Waals surface area contributed by atoms with Gasteiger partial charge in [-0.2, -0.15) is 0 Å². The van der Waals surface area contributed by atoms with Crippen LogP contribution in [0.3, 0.4) is 0 Å². The van der Waals surface area contributed by atoms with E-state index in [0.29, 0.717) is 18.1 Å². The maximum Gasteiger partial charge on any atom is 0.119 e. The van der Waals surface area contributed by atoms with Gasteiger partial charge < -0.3 is 19.8 Å². The summed E-state index contributed by atoms with van der Waals surface area (Å²) < 4.78 is 10.5. The molecule has 1 aromatic rings. The molecule has 0 aromatic heterocycles. The average molecular weight is 253 g/mol. The molecule has 0 aliphatic carbocycles. The van der Waals surface area contributed by atoms with Crippen molar-refractivity contribution in [2.45, 2.75) is 20.0 Å². The standard InChI is InChI=1S/C13H19NO4/c1-3-17-8-12(15)9-18-13-6-4-11(5-7-13)10(2)14-16/h4-7,12,15-16H,3,8-9H2,1-2H3. The zero-order valence-corrected chi connectivity index (χ0v) is 10.7. The Morgan fingerprint density at radius 3 is 2.50 bits per heavy atom. The zero-order chi connectivity index (χ0) is 13.4. The Labute approximate surface area is 107 Å². The molecule has 1 unspecified atom stereocenters. The van der Waals surface area contributed by atoms with Crippen molar-refractivity contribution >= 4 is 5.71 Å². The highest BCUT2D eigenvalue weighted by Gasteiger charge is 2.05. The normalized spacial score (nSPS) is 13.4. The van der Waals surface area contributed by atoms with Crippen molar-refractivity contribution in [1.82, 2.24) is 0 Å². The van der Waals surface area contributed by atoms with Gasteiger partial charge in [0.05, 0.1) is 12.3 Å². The van der Waals surface area contributed by atoms with E-state index < -0.39 is 6.10 Å². The lowest BCUT2D eigenvalue weighted by Crippen LogP contribution is -2.23. The smallest absolute Gasteiger partial charge is 0.119 e. The lowest BCUT2D eigenvalue weighted by molar-refractivity contribution is 0.0164. The summed E-state index contributed by atoms with van der Waals surface area (Å²) in [4.78, 5) is 0. The molecule has 0 amide bonds. The molecule has 1 rings (SSSR count).